The van der Waals surface area contributed by atoms with Crippen molar-refractivity contribution in [2.75, 3.05) is 5.88 Å². The van der Waals surface area contributed by atoms with Crippen molar-refractivity contribution in [3.8, 4) is 0 Å². The molecule has 0 spiro atoms. The average Bonchev–Trinajstić information content (AvgIpc) is 2.97. The first-order valence-corrected chi connectivity index (χ1v) is 8.17. The Hall–Kier alpha value is -1.03. The molecule has 2 heterocycles. The van der Waals surface area contributed by atoms with E-state index in [4.69, 9.17) is 23.2 Å². The number of alkyl halides is 1. The van der Waals surface area contributed by atoms with Crippen LogP contribution < -0.4 is 0 Å². The Morgan fingerprint density at radius 3 is 2.80 bits per heavy atom. The maximum Gasteiger partial charge on any atom is 0.111 e. The molecular formula is C15H14Cl2N2S. The van der Waals surface area contributed by atoms with Crippen LogP contribution in [0.25, 0.3) is 11.0 Å². The molecule has 0 fully saturated rings. The molecular weight excluding hydrogens is 311 g/mol. The second kappa shape index (κ2) is 5.76. The van der Waals surface area contributed by atoms with Gasteiger partial charge in [-0.1, -0.05) is 17.7 Å². The Morgan fingerprint density at radius 1 is 1.25 bits per heavy atom. The number of nitrogens with zero attached hydrogens (tertiary/aromatic N) is 2. The Balaban J connectivity index is 2.11. The van der Waals surface area contributed by atoms with Gasteiger partial charge in [-0.05, 0) is 31.2 Å². The number of aryl methyl sites for hydroxylation is 2. The molecule has 20 heavy (non-hydrogen) atoms. The molecule has 2 aromatic heterocycles. The molecule has 0 unspecified atom stereocenters. The van der Waals surface area contributed by atoms with Crippen LogP contribution in [0.2, 0.25) is 5.02 Å². The van der Waals surface area contributed by atoms with Crippen LogP contribution in [-0.2, 0) is 13.0 Å². The summed E-state index contributed by atoms with van der Waals surface area (Å²) in [6.07, 6.45) is 0.747. The molecule has 0 aliphatic heterocycles. The monoisotopic (exact) mass is 324 g/mol. The van der Waals surface area contributed by atoms with Crippen LogP contribution in [0, 0.1) is 6.92 Å². The number of thiophene rings is 1. The topological polar surface area (TPSA) is 17.8 Å². The lowest BCUT2D eigenvalue weighted by atomic mass is 10.3. The largest absolute Gasteiger partial charge is 0.323 e. The highest BCUT2D eigenvalue weighted by Gasteiger charge is 2.13. The van der Waals surface area contributed by atoms with E-state index in [1.54, 1.807) is 0 Å². The fourth-order valence-electron chi connectivity index (χ4n) is 2.34. The van der Waals surface area contributed by atoms with E-state index in [0.717, 1.165) is 29.8 Å². The first-order valence-electron chi connectivity index (χ1n) is 6.44. The van der Waals surface area contributed by atoms with Crippen LogP contribution >= 0.6 is 34.5 Å². The van der Waals surface area contributed by atoms with Crippen LogP contribution in [-0.4, -0.2) is 15.4 Å². The smallest absolute Gasteiger partial charge is 0.111 e. The molecule has 3 aromatic rings. The molecule has 1 aromatic carbocycles. The minimum absolute atomic E-state index is 0.560. The van der Waals surface area contributed by atoms with E-state index in [2.05, 4.69) is 34.7 Å². The highest BCUT2D eigenvalue weighted by Crippen LogP contribution is 2.26. The second-order valence-electron chi connectivity index (χ2n) is 4.67. The maximum atomic E-state index is 6.24. The fraction of sp³-hybridized carbons (Fsp3) is 0.267. The number of hydrogen-bond donors (Lipinski definition) is 0. The van der Waals surface area contributed by atoms with Crippen molar-refractivity contribution in [3.63, 3.8) is 0 Å². The summed E-state index contributed by atoms with van der Waals surface area (Å²) in [5.41, 5.74) is 1.94. The Kier molecular flexibility index (Phi) is 4.01. The fourth-order valence-corrected chi connectivity index (χ4v) is 3.60. The normalized spacial score (nSPS) is 11.3. The van der Waals surface area contributed by atoms with E-state index in [-0.39, 0.29) is 0 Å². The molecule has 0 saturated heterocycles. The first kappa shape index (κ1) is 13.9. The van der Waals surface area contributed by atoms with Crippen molar-refractivity contribution in [3.05, 3.63) is 50.9 Å². The zero-order valence-corrected chi connectivity index (χ0v) is 13.4. The molecule has 0 bridgehead atoms. The Bertz CT molecular complexity index is 745. The van der Waals surface area contributed by atoms with Crippen molar-refractivity contribution < 1.29 is 0 Å². The van der Waals surface area contributed by atoms with Gasteiger partial charge in [0.2, 0.25) is 0 Å². The number of benzene rings is 1. The molecule has 104 valence electrons. The molecule has 0 saturated carbocycles. The molecule has 0 aliphatic rings. The van der Waals surface area contributed by atoms with Crippen LogP contribution in [0.4, 0.5) is 0 Å². The molecule has 2 nitrogen and oxygen atoms in total. The van der Waals surface area contributed by atoms with E-state index in [0.29, 0.717) is 10.9 Å². The van der Waals surface area contributed by atoms with Crippen molar-refractivity contribution >= 4 is 45.6 Å². The zero-order valence-electron chi connectivity index (χ0n) is 11.1. The third kappa shape index (κ3) is 2.58. The summed E-state index contributed by atoms with van der Waals surface area (Å²) in [6, 6.07) is 10.2. The average molecular weight is 325 g/mol. The van der Waals surface area contributed by atoms with Crippen molar-refractivity contribution in [1.29, 1.82) is 0 Å². The Morgan fingerprint density at radius 2 is 2.10 bits per heavy atom. The first-order chi connectivity index (χ1) is 9.69. The van der Waals surface area contributed by atoms with Gasteiger partial charge in [-0.2, -0.15) is 0 Å². The van der Waals surface area contributed by atoms with E-state index in [1.807, 2.05) is 23.5 Å². The lowest BCUT2D eigenvalue weighted by molar-refractivity contribution is 0.763. The molecule has 0 aliphatic carbocycles. The summed E-state index contributed by atoms with van der Waals surface area (Å²) in [5, 5.41) is 0.694. The number of aromatic nitrogens is 2. The predicted octanol–water partition coefficient (Wildman–Crippen LogP) is 4.89. The summed E-state index contributed by atoms with van der Waals surface area (Å²) in [4.78, 5) is 7.29. The van der Waals surface area contributed by atoms with Gasteiger partial charge in [0, 0.05) is 22.1 Å². The highest BCUT2D eigenvalue weighted by atomic mass is 35.5. The molecule has 0 N–H and O–H groups in total. The zero-order chi connectivity index (χ0) is 14.1. The SMILES string of the molecule is Cc1ccc(Cn2c(CCCl)nc3c(Cl)cccc32)s1. The molecule has 0 atom stereocenters. The van der Waals surface area contributed by atoms with E-state index >= 15 is 0 Å². The number of halogens is 2. The maximum absolute atomic E-state index is 6.24. The number of fused-ring (bicyclic) bond motifs is 1. The van der Waals surface area contributed by atoms with Gasteiger partial charge >= 0.3 is 0 Å². The summed E-state index contributed by atoms with van der Waals surface area (Å²) in [5.74, 6) is 1.55. The minimum Gasteiger partial charge on any atom is -0.323 e. The van der Waals surface area contributed by atoms with Crippen LogP contribution in [0.5, 0.6) is 0 Å². The quantitative estimate of drug-likeness (QED) is 0.625. The third-order valence-electron chi connectivity index (χ3n) is 3.24. The van der Waals surface area contributed by atoms with Crippen LogP contribution in [0.3, 0.4) is 0 Å². The molecule has 0 amide bonds. The number of rotatable bonds is 4. The Labute approximate surface area is 132 Å². The second-order valence-corrected chi connectivity index (χ2v) is 6.83. The van der Waals surface area contributed by atoms with Gasteiger partial charge in [0.15, 0.2) is 0 Å². The standard InChI is InChI=1S/C15H14Cl2N2S/c1-10-5-6-11(20-10)9-19-13-4-2-3-12(17)15(13)18-14(19)7-8-16/h2-6H,7-9H2,1H3. The summed E-state index contributed by atoms with van der Waals surface area (Å²) in [6.45, 7) is 2.94. The minimum atomic E-state index is 0.560. The van der Waals surface area contributed by atoms with Gasteiger partial charge < -0.3 is 4.57 Å². The van der Waals surface area contributed by atoms with E-state index < -0.39 is 0 Å². The van der Waals surface area contributed by atoms with Gasteiger partial charge in [-0.15, -0.1) is 22.9 Å². The molecule has 3 rings (SSSR count). The van der Waals surface area contributed by atoms with Crippen molar-refractivity contribution in [2.24, 2.45) is 0 Å². The predicted molar refractivity (Wildman–Crippen MR) is 87.3 cm³/mol. The van der Waals surface area contributed by atoms with Crippen LogP contribution in [0.1, 0.15) is 15.6 Å². The van der Waals surface area contributed by atoms with Crippen LogP contribution in [0.15, 0.2) is 30.3 Å². The summed E-state index contributed by atoms with van der Waals surface area (Å²) < 4.78 is 2.22. The van der Waals surface area contributed by atoms with Gasteiger partial charge in [0.25, 0.3) is 0 Å². The van der Waals surface area contributed by atoms with Crippen molar-refractivity contribution in [1.82, 2.24) is 9.55 Å². The lowest BCUT2D eigenvalue weighted by Gasteiger charge is -2.07. The molecule has 0 radical (unpaired) electrons. The van der Waals surface area contributed by atoms with Gasteiger partial charge in [0.05, 0.1) is 17.1 Å². The van der Waals surface area contributed by atoms with Gasteiger partial charge in [-0.3, -0.25) is 0 Å². The van der Waals surface area contributed by atoms with Crippen molar-refractivity contribution in [2.45, 2.75) is 19.9 Å². The van der Waals surface area contributed by atoms with E-state index in [9.17, 15) is 0 Å². The van der Waals surface area contributed by atoms with Gasteiger partial charge in [-0.25, -0.2) is 4.98 Å². The summed E-state index contributed by atoms with van der Waals surface area (Å²) >= 11 is 14.0. The summed E-state index contributed by atoms with van der Waals surface area (Å²) in [7, 11) is 0. The highest BCUT2D eigenvalue weighted by molar-refractivity contribution is 7.11. The number of para-hydroxylation sites is 1. The molecule has 5 heteroatoms. The number of imidazole rings is 1. The number of hydrogen-bond acceptors (Lipinski definition) is 2. The van der Waals surface area contributed by atoms with Gasteiger partial charge in [0.1, 0.15) is 11.3 Å². The van der Waals surface area contributed by atoms with E-state index in [1.165, 1.54) is 9.75 Å². The third-order valence-corrected chi connectivity index (χ3v) is 4.72. The lowest BCUT2D eigenvalue weighted by Crippen LogP contribution is -2.04.